The first-order chi connectivity index (χ1) is 9.22. The molecule has 3 rings (SSSR count). The fraction of sp³-hybridized carbons (Fsp3) is 0.0833. The molecular weight excluding hydrogens is 261 g/mol. The number of rotatable bonds is 3. The van der Waals surface area contributed by atoms with E-state index in [1.807, 2.05) is 24.3 Å². The topological polar surface area (TPSA) is 80.4 Å². The second-order valence-electron chi connectivity index (χ2n) is 4.20. The maximum atomic E-state index is 9.64. The molecule has 1 aromatic heterocycles. The van der Waals surface area contributed by atoms with E-state index in [2.05, 4.69) is 9.71 Å². The molecule has 96 valence electrons. The first-order valence-electron chi connectivity index (χ1n) is 5.79. The molecule has 1 aliphatic rings. The summed E-state index contributed by atoms with van der Waals surface area (Å²) in [5.74, 6) is 0.502. The number of hydrogen-bond donors (Lipinski definition) is 3. The summed E-state index contributed by atoms with van der Waals surface area (Å²) >= 11 is 1.44. The lowest BCUT2D eigenvalue weighted by Crippen LogP contribution is -2.28. The number of pyridine rings is 1. The van der Waals surface area contributed by atoms with Gasteiger partial charge in [-0.15, -0.1) is 0 Å². The third-order valence-electron chi connectivity index (χ3n) is 2.85. The van der Waals surface area contributed by atoms with Gasteiger partial charge < -0.3 is 20.1 Å². The zero-order chi connectivity index (χ0) is 13.2. The molecule has 0 bridgehead atoms. The quantitative estimate of drug-likeness (QED) is 0.572. The Morgan fingerprint density at radius 3 is 3.05 bits per heavy atom. The molecule has 5 nitrogen and oxygen atoms in total. The summed E-state index contributed by atoms with van der Waals surface area (Å²) in [5, 5.41) is 9.64. The lowest BCUT2D eigenvalue weighted by Gasteiger charge is -2.07. The number of nitrogens with two attached hydrogens (primary N) is 1. The minimum Gasteiger partial charge on any atom is -0.423 e. The van der Waals surface area contributed by atoms with Crippen LogP contribution in [0.25, 0.3) is 0 Å². The third-order valence-corrected chi connectivity index (χ3v) is 3.67. The fourth-order valence-corrected chi connectivity index (χ4v) is 2.45. The van der Waals surface area contributed by atoms with E-state index in [-0.39, 0.29) is 0 Å². The highest BCUT2D eigenvalue weighted by Crippen LogP contribution is 2.22. The Bertz CT molecular complexity index is 594. The van der Waals surface area contributed by atoms with Crippen LogP contribution in [0.1, 0.15) is 5.56 Å². The highest BCUT2D eigenvalue weighted by molar-refractivity contribution is 8.00. The van der Waals surface area contributed by atoms with Crippen molar-refractivity contribution in [3.63, 3.8) is 0 Å². The maximum Gasteiger partial charge on any atom is 0.491 e. The summed E-state index contributed by atoms with van der Waals surface area (Å²) in [6.45, 7) is 0.464. The van der Waals surface area contributed by atoms with Crippen LogP contribution in [0.4, 0.5) is 11.5 Å². The molecular formula is C12H12BN3O2S. The van der Waals surface area contributed by atoms with E-state index >= 15 is 0 Å². The largest absolute Gasteiger partial charge is 0.491 e. The van der Waals surface area contributed by atoms with Gasteiger partial charge in [0.05, 0.1) is 6.61 Å². The molecule has 4 N–H and O–H groups in total. The molecule has 2 aromatic rings. The van der Waals surface area contributed by atoms with Crippen molar-refractivity contribution in [1.82, 2.24) is 4.98 Å². The smallest absolute Gasteiger partial charge is 0.423 e. The van der Waals surface area contributed by atoms with Crippen LogP contribution in [0.2, 0.25) is 0 Å². The third kappa shape index (κ3) is 2.68. The Labute approximate surface area is 115 Å². The van der Waals surface area contributed by atoms with E-state index in [1.165, 1.54) is 11.9 Å². The predicted molar refractivity (Wildman–Crippen MR) is 77.0 cm³/mol. The lowest BCUT2D eigenvalue weighted by atomic mass is 9.79. The molecule has 0 fully saturated rings. The second-order valence-corrected chi connectivity index (χ2v) is 5.08. The Morgan fingerprint density at radius 2 is 2.26 bits per heavy atom. The summed E-state index contributed by atoms with van der Waals surface area (Å²) in [5.41, 5.74) is 8.28. The normalized spacial score (nSPS) is 13.4. The van der Waals surface area contributed by atoms with Crippen molar-refractivity contribution in [2.24, 2.45) is 0 Å². The number of nitrogens with zero attached hydrogens (tertiary/aromatic N) is 1. The summed E-state index contributed by atoms with van der Waals surface area (Å²) < 4.78 is 8.35. The van der Waals surface area contributed by atoms with E-state index in [0.717, 1.165) is 21.6 Å². The molecule has 0 spiro atoms. The Kier molecular flexibility index (Phi) is 3.33. The second kappa shape index (κ2) is 5.12. The van der Waals surface area contributed by atoms with Crippen LogP contribution in [0.15, 0.2) is 41.4 Å². The molecule has 1 aromatic carbocycles. The van der Waals surface area contributed by atoms with Crippen molar-refractivity contribution in [3.8, 4) is 0 Å². The average Bonchev–Trinajstić information content (AvgIpc) is 2.80. The minimum absolute atomic E-state index is 0.464. The first-order valence-corrected chi connectivity index (χ1v) is 6.61. The molecule has 0 atom stereocenters. The zero-order valence-electron chi connectivity index (χ0n) is 10.0. The number of hydrogen-bond acceptors (Lipinski definition) is 6. The molecule has 0 saturated carbocycles. The monoisotopic (exact) mass is 273 g/mol. The first kappa shape index (κ1) is 12.3. The van der Waals surface area contributed by atoms with Gasteiger partial charge >= 0.3 is 7.12 Å². The van der Waals surface area contributed by atoms with Gasteiger partial charge in [-0.3, -0.25) is 0 Å². The summed E-state index contributed by atoms with van der Waals surface area (Å²) in [6, 6.07) is 9.45. The van der Waals surface area contributed by atoms with Crippen LogP contribution in [0, 0.1) is 0 Å². The van der Waals surface area contributed by atoms with Gasteiger partial charge in [-0.2, -0.15) is 0 Å². The molecule has 0 unspecified atom stereocenters. The van der Waals surface area contributed by atoms with Crippen molar-refractivity contribution >= 4 is 36.0 Å². The van der Waals surface area contributed by atoms with Gasteiger partial charge in [0.1, 0.15) is 5.82 Å². The Hall–Kier alpha value is -1.70. The molecule has 0 radical (unpaired) electrons. The van der Waals surface area contributed by atoms with Gasteiger partial charge in [-0.1, -0.05) is 6.07 Å². The summed E-state index contributed by atoms with van der Waals surface area (Å²) in [4.78, 5) is 4.98. The van der Waals surface area contributed by atoms with Gasteiger partial charge in [0.15, 0.2) is 0 Å². The van der Waals surface area contributed by atoms with Crippen molar-refractivity contribution in [1.29, 1.82) is 0 Å². The number of nitrogens with one attached hydrogen (secondary N) is 1. The molecule has 0 amide bonds. The maximum absolute atomic E-state index is 9.64. The number of fused-ring (bicyclic) bond motifs is 1. The van der Waals surface area contributed by atoms with Crippen molar-refractivity contribution in [3.05, 3.63) is 42.1 Å². The highest BCUT2D eigenvalue weighted by atomic mass is 32.2. The number of anilines is 2. The molecule has 0 aliphatic carbocycles. The summed E-state index contributed by atoms with van der Waals surface area (Å²) in [7, 11) is -0.819. The molecule has 19 heavy (non-hydrogen) atoms. The fourth-order valence-electron chi connectivity index (χ4n) is 1.85. The Balaban J connectivity index is 1.70. The van der Waals surface area contributed by atoms with E-state index in [4.69, 9.17) is 10.4 Å². The van der Waals surface area contributed by atoms with Gasteiger partial charge in [-0.25, -0.2) is 4.98 Å². The van der Waals surface area contributed by atoms with Gasteiger partial charge in [0.25, 0.3) is 0 Å². The van der Waals surface area contributed by atoms with Crippen molar-refractivity contribution < 1.29 is 9.68 Å². The SMILES string of the molecule is Nc1ccc(SNc2ccc3c(c2)B(O)OC3)cn1. The number of aromatic nitrogens is 1. The predicted octanol–water partition coefficient (Wildman–Crippen LogP) is 1.00. The molecule has 7 heteroatoms. The van der Waals surface area contributed by atoms with Crippen molar-refractivity contribution in [2.45, 2.75) is 11.5 Å². The minimum atomic E-state index is -0.819. The Morgan fingerprint density at radius 1 is 1.37 bits per heavy atom. The number of nitrogen functional groups attached to an aromatic ring is 1. The van der Waals surface area contributed by atoms with Crippen LogP contribution >= 0.6 is 11.9 Å². The van der Waals surface area contributed by atoms with Crippen LogP contribution in [-0.4, -0.2) is 17.1 Å². The van der Waals surface area contributed by atoms with E-state index in [0.29, 0.717) is 12.4 Å². The average molecular weight is 273 g/mol. The van der Waals surface area contributed by atoms with E-state index in [1.54, 1.807) is 12.3 Å². The lowest BCUT2D eigenvalue weighted by molar-refractivity contribution is 0.275. The van der Waals surface area contributed by atoms with Gasteiger partial charge in [0, 0.05) is 16.8 Å². The number of benzene rings is 1. The highest BCUT2D eigenvalue weighted by Gasteiger charge is 2.27. The van der Waals surface area contributed by atoms with Crippen LogP contribution < -0.4 is 15.9 Å². The van der Waals surface area contributed by atoms with Gasteiger partial charge in [-0.05, 0) is 47.2 Å². The molecule has 1 aliphatic heterocycles. The van der Waals surface area contributed by atoms with Crippen LogP contribution in [0.5, 0.6) is 0 Å². The molecule has 0 saturated heterocycles. The molecule has 2 heterocycles. The van der Waals surface area contributed by atoms with E-state index < -0.39 is 7.12 Å². The standard InChI is InChI=1S/C12H12BN3O2S/c14-12-4-3-10(6-15-12)19-16-9-2-1-8-7-18-13(17)11(8)5-9/h1-6,16-17H,7H2,(H2,14,15). The zero-order valence-corrected chi connectivity index (χ0v) is 10.9. The van der Waals surface area contributed by atoms with Crippen LogP contribution in [-0.2, 0) is 11.3 Å². The van der Waals surface area contributed by atoms with E-state index in [9.17, 15) is 5.02 Å². The van der Waals surface area contributed by atoms with Crippen molar-refractivity contribution in [2.75, 3.05) is 10.5 Å². The van der Waals surface area contributed by atoms with Crippen LogP contribution in [0.3, 0.4) is 0 Å². The summed E-state index contributed by atoms with van der Waals surface area (Å²) in [6.07, 6.45) is 1.71. The van der Waals surface area contributed by atoms with Gasteiger partial charge in [0.2, 0.25) is 0 Å².